The van der Waals surface area contributed by atoms with Crippen molar-refractivity contribution in [2.24, 2.45) is 11.8 Å². The minimum absolute atomic E-state index is 0.171. The first-order valence-electron chi connectivity index (χ1n) is 12.8. The molecular weight excluding hydrogens is 406 g/mol. The average Bonchev–Trinajstić information content (AvgIpc) is 2.79. The summed E-state index contributed by atoms with van der Waals surface area (Å²) in [7, 11) is 0. The van der Waals surface area contributed by atoms with E-state index in [1.54, 1.807) is 0 Å². The second kappa shape index (κ2) is 14.1. The Morgan fingerprint density at radius 2 is 1.36 bits per heavy atom. The average molecular weight is 452 g/mol. The number of hydrogen-bond acceptors (Lipinski definition) is 2. The number of nitrogens with zero attached hydrogens (tertiary/aromatic N) is 1. The van der Waals surface area contributed by atoms with Crippen LogP contribution in [0.5, 0.6) is 0 Å². The number of hydrogen-bond donors (Lipinski definition) is 0. The maximum Gasteiger partial charge on any atom is 0.410 e. The Bertz CT molecular complexity index is 738. The third kappa shape index (κ3) is 11.4. The molecule has 0 saturated carbocycles. The van der Waals surface area contributed by atoms with E-state index >= 15 is 0 Å². The van der Waals surface area contributed by atoms with Gasteiger partial charge in [-0.25, -0.2) is 4.79 Å². The van der Waals surface area contributed by atoms with Crippen LogP contribution in [0.3, 0.4) is 0 Å². The molecule has 1 atom stereocenters. The van der Waals surface area contributed by atoms with Gasteiger partial charge in [0, 0.05) is 13.1 Å². The fourth-order valence-electron chi connectivity index (χ4n) is 4.24. The van der Waals surface area contributed by atoms with Crippen LogP contribution in [0, 0.1) is 11.8 Å². The van der Waals surface area contributed by atoms with Crippen LogP contribution >= 0.6 is 0 Å². The van der Waals surface area contributed by atoms with Crippen molar-refractivity contribution in [1.82, 2.24) is 4.90 Å². The van der Waals surface area contributed by atoms with E-state index in [0.717, 1.165) is 45.2 Å². The second-order valence-corrected chi connectivity index (χ2v) is 10.5. The van der Waals surface area contributed by atoms with Crippen LogP contribution in [-0.4, -0.2) is 29.7 Å². The van der Waals surface area contributed by atoms with Gasteiger partial charge >= 0.3 is 6.09 Å². The minimum atomic E-state index is -0.481. The number of aryl methyl sites for hydroxylation is 2. The van der Waals surface area contributed by atoms with Gasteiger partial charge in [-0.05, 0) is 75.8 Å². The first-order valence-corrected chi connectivity index (χ1v) is 12.8. The lowest BCUT2D eigenvalue weighted by Gasteiger charge is -2.32. The number of ether oxygens (including phenoxy) is 1. The summed E-state index contributed by atoms with van der Waals surface area (Å²) in [4.78, 5) is 15.1. The van der Waals surface area contributed by atoms with Crippen LogP contribution in [0.2, 0.25) is 0 Å². The highest BCUT2D eigenvalue weighted by atomic mass is 16.6. The smallest absolute Gasteiger partial charge is 0.410 e. The van der Waals surface area contributed by atoms with E-state index in [1.165, 1.54) is 24.0 Å². The molecule has 33 heavy (non-hydrogen) atoms. The molecule has 0 aliphatic rings. The van der Waals surface area contributed by atoms with E-state index in [4.69, 9.17) is 4.74 Å². The van der Waals surface area contributed by atoms with Crippen LogP contribution < -0.4 is 0 Å². The SMILES string of the molecule is CCCC[C@H](C)CN(CC(CCc1ccccc1)CCc1ccccc1)C(=O)OC(C)(C)C. The van der Waals surface area contributed by atoms with E-state index in [1.807, 2.05) is 25.7 Å². The molecule has 0 saturated heterocycles. The van der Waals surface area contributed by atoms with Gasteiger partial charge in [-0.15, -0.1) is 0 Å². The minimum Gasteiger partial charge on any atom is -0.444 e. The van der Waals surface area contributed by atoms with Gasteiger partial charge in [0.05, 0.1) is 0 Å². The molecule has 0 aliphatic heterocycles. The third-order valence-electron chi connectivity index (χ3n) is 6.08. The Labute approximate surface area is 202 Å². The van der Waals surface area contributed by atoms with E-state index < -0.39 is 5.60 Å². The van der Waals surface area contributed by atoms with E-state index in [0.29, 0.717) is 11.8 Å². The number of carbonyl (C=O) groups is 1. The van der Waals surface area contributed by atoms with E-state index in [2.05, 4.69) is 74.5 Å². The molecule has 3 nitrogen and oxygen atoms in total. The largest absolute Gasteiger partial charge is 0.444 e. The van der Waals surface area contributed by atoms with Crippen LogP contribution in [0.15, 0.2) is 60.7 Å². The Morgan fingerprint density at radius 3 is 1.82 bits per heavy atom. The van der Waals surface area contributed by atoms with Gasteiger partial charge in [0.25, 0.3) is 0 Å². The lowest BCUT2D eigenvalue weighted by molar-refractivity contribution is 0.0184. The number of benzene rings is 2. The molecule has 182 valence electrons. The lowest BCUT2D eigenvalue weighted by Crippen LogP contribution is -2.42. The molecule has 2 aromatic carbocycles. The topological polar surface area (TPSA) is 29.5 Å². The third-order valence-corrected chi connectivity index (χ3v) is 6.08. The van der Waals surface area contributed by atoms with Crippen molar-refractivity contribution in [3.63, 3.8) is 0 Å². The summed E-state index contributed by atoms with van der Waals surface area (Å²) in [6.45, 7) is 11.9. The van der Waals surface area contributed by atoms with Crippen molar-refractivity contribution in [1.29, 1.82) is 0 Å². The molecule has 0 spiro atoms. The molecule has 0 aliphatic carbocycles. The van der Waals surface area contributed by atoms with Crippen molar-refractivity contribution in [3.8, 4) is 0 Å². The molecular formula is C30H45NO2. The summed E-state index contributed by atoms with van der Waals surface area (Å²) in [5.74, 6) is 0.901. The standard InChI is InChI=1S/C30H45NO2/c1-6-7-14-25(2)23-31(29(32)33-30(3,4)5)24-28(21-19-26-15-10-8-11-16-26)22-20-27-17-12-9-13-18-27/h8-13,15-18,25,28H,6-7,14,19-24H2,1-5H3/t25-/m0/s1. The number of carbonyl (C=O) groups excluding carboxylic acids is 1. The van der Waals surface area contributed by atoms with Crippen molar-refractivity contribution >= 4 is 6.09 Å². The van der Waals surface area contributed by atoms with E-state index in [9.17, 15) is 4.79 Å². The Balaban J connectivity index is 2.12. The summed E-state index contributed by atoms with van der Waals surface area (Å²) in [5, 5.41) is 0. The Morgan fingerprint density at radius 1 is 0.848 bits per heavy atom. The number of amides is 1. The molecule has 2 aromatic rings. The fraction of sp³-hybridized carbons (Fsp3) is 0.567. The maximum absolute atomic E-state index is 13.2. The van der Waals surface area contributed by atoms with Crippen molar-refractivity contribution in [3.05, 3.63) is 71.8 Å². The number of rotatable bonds is 13. The first kappa shape index (κ1) is 27.0. The van der Waals surface area contributed by atoms with Crippen LogP contribution in [0.25, 0.3) is 0 Å². The predicted molar refractivity (Wildman–Crippen MR) is 140 cm³/mol. The molecule has 2 rings (SSSR count). The Hall–Kier alpha value is -2.29. The lowest BCUT2D eigenvalue weighted by atomic mass is 9.92. The zero-order valence-electron chi connectivity index (χ0n) is 21.6. The molecule has 0 unspecified atom stereocenters. The van der Waals surface area contributed by atoms with Gasteiger partial charge < -0.3 is 9.64 Å². The van der Waals surface area contributed by atoms with Gasteiger partial charge in [-0.3, -0.25) is 0 Å². The van der Waals surface area contributed by atoms with Gasteiger partial charge in [0.1, 0.15) is 5.60 Å². The predicted octanol–water partition coefficient (Wildman–Crippen LogP) is 7.93. The zero-order chi connectivity index (χ0) is 24.1. The van der Waals surface area contributed by atoms with Crippen LogP contribution in [0.1, 0.15) is 77.8 Å². The van der Waals surface area contributed by atoms with Crippen LogP contribution in [-0.2, 0) is 17.6 Å². The van der Waals surface area contributed by atoms with Gasteiger partial charge in [0.15, 0.2) is 0 Å². The quantitative estimate of drug-likeness (QED) is 0.309. The van der Waals surface area contributed by atoms with Crippen molar-refractivity contribution in [2.45, 2.75) is 85.2 Å². The summed E-state index contributed by atoms with van der Waals surface area (Å²) >= 11 is 0. The number of unbranched alkanes of at least 4 members (excludes halogenated alkanes) is 1. The molecule has 0 aromatic heterocycles. The molecule has 3 heteroatoms. The molecule has 0 N–H and O–H groups in total. The normalized spacial score (nSPS) is 12.5. The summed E-state index contributed by atoms with van der Waals surface area (Å²) in [5.41, 5.74) is 2.25. The molecule has 0 heterocycles. The van der Waals surface area contributed by atoms with Gasteiger partial charge in [-0.2, -0.15) is 0 Å². The highest BCUT2D eigenvalue weighted by Crippen LogP contribution is 2.21. The van der Waals surface area contributed by atoms with E-state index in [-0.39, 0.29) is 6.09 Å². The maximum atomic E-state index is 13.2. The first-order chi connectivity index (χ1) is 15.8. The van der Waals surface area contributed by atoms with Gasteiger partial charge in [-0.1, -0.05) is 87.4 Å². The molecule has 1 amide bonds. The van der Waals surface area contributed by atoms with Gasteiger partial charge in [0.2, 0.25) is 0 Å². The molecule has 0 bridgehead atoms. The highest BCUT2D eigenvalue weighted by Gasteiger charge is 2.26. The molecule has 0 fully saturated rings. The second-order valence-electron chi connectivity index (χ2n) is 10.5. The monoisotopic (exact) mass is 451 g/mol. The summed E-state index contributed by atoms with van der Waals surface area (Å²) < 4.78 is 5.82. The fourth-order valence-corrected chi connectivity index (χ4v) is 4.24. The van der Waals surface area contributed by atoms with Crippen LogP contribution in [0.4, 0.5) is 4.79 Å². The zero-order valence-corrected chi connectivity index (χ0v) is 21.6. The molecule has 0 radical (unpaired) electrons. The summed E-state index contributed by atoms with van der Waals surface area (Å²) in [6, 6.07) is 21.4. The summed E-state index contributed by atoms with van der Waals surface area (Å²) in [6.07, 6.45) is 7.58. The Kier molecular flexibility index (Phi) is 11.5. The highest BCUT2D eigenvalue weighted by molar-refractivity contribution is 5.68. The van der Waals surface area contributed by atoms with Crippen molar-refractivity contribution in [2.75, 3.05) is 13.1 Å². The van der Waals surface area contributed by atoms with Crippen molar-refractivity contribution < 1.29 is 9.53 Å².